The first-order valence-corrected chi connectivity index (χ1v) is 3.81. The Hall–Kier alpha value is -0.610. The zero-order chi connectivity index (χ0) is 8.48. The molecule has 0 aromatic heterocycles. The zero-order valence-corrected chi connectivity index (χ0v) is 6.63. The highest BCUT2D eigenvalue weighted by atomic mass is 16.5. The summed E-state index contributed by atoms with van der Waals surface area (Å²) in [4.78, 5) is 11.1. The summed E-state index contributed by atoms with van der Waals surface area (Å²) in [6.07, 6.45) is 2.59. The Balaban J connectivity index is 2.72. The minimum absolute atomic E-state index is 0.116. The first-order valence-electron chi connectivity index (χ1n) is 3.81. The second-order valence-corrected chi connectivity index (χ2v) is 3.36. The van der Waals surface area contributed by atoms with Gasteiger partial charge in [0.25, 0.3) is 5.91 Å². The van der Waals surface area contributed by atoms with E-state index in [9.17, 15) is 4.79 Å². The first kappa shape index (κ1) is 8.49. The maximum atomic E-state index is 11.1. The van der Waals surface area contributed by atoms with E-state index in [0.29, 0.717) is 0 Å². The lowest BCUT2D eigenvalue weighted by molar-refractivity contribution is -0.139. The van der Waals surface area contributed by atoms with E-state index < -0.39 is 5.41 Å². The zero-order valence-electron chi connectivity index (χ0n) is 6.63. The molecule has 11 heavy (non-hydrogen) atoms. The van der Waals surface area contributed by atoms with Crippen molar-refractivity contribution in [2.24, 2.45) is 11.1 Å². The SMILES string of the molecule is CC1(C(=O)NO)CCCC1N. The number of rotatable bonds is 1. The number of hydrogen-bond acceptors (Lipinski definition) is 3. The number of amides is 1. The van der Waals surface area contributed by atoms with E-state index in [4.69, 9.17) is 10.9 Å². The Morgan fingerprint density at radius 2 is 2.45 bits per heavy atom. The lowest BCUT2D eigenvalue weighted by Crippen LogP contribution is -2.46. The Labute approximate surface area is 65.7 Å². The van der Waals surface area contributed by atoms with Crippen LogP contribution in [0, 0.1) is 5.41 Å². The maximum Gasteiger partial charge on any atom is 0.250 e. The standard InChI is InChI=1S/C7H14N2O2/c1-7(6(10)9-11)4-2-3-5(7)8/h5,11H,2-4,8H2,1H3,(H,9,10). The lowest BCUT2D eigenvalue weighted by atomic mass is 9.84. The molecule has 0 aliphatic heterocycles. The lowest BCUT2D eigenvalue weighted by Gasteiger charge is -2.25. The third-order valence-electron chi connectivity index (χ3n) is 2.65. The molecular formula is C7H14N2O2. The van der Waals surface area contributed by atoms with Gasteiger partial charge < -0.3 is 5.73 Å². The molecule has 1 amide bonds. The number of carbonyl (C=O) groups is 1. The van der Waals surface area contributed by atoms with Gasteiger partial charge in [-0.05, 0) is 19.8 Å². The molecule has 0 heterocycles. The van der Waals surface area contributed by atoms with Gasteiger partial charge in [-0.15, -0.1) is 0 Å². The van der Waals surface area contributed by atoms with Crippen molar-refractivity contribution < 1.29 is 10.0 Å². The van der Waals surface area contributed by atoms with E-state index in [2.05, 4.69) is 0 Å². The van der Waals surface area contributed by atoms with Crippen molar-refractivity contribution >= 4 is 5.91 Å². The molecule has 1 aliphatic rings. The first-order chi connectivity index (χ1) is 5.11. The van der Waals surface area contributed by atoms with E-state index in [1.807, 2.05) is 0 Å². The van der Waals surface area contributed by atoms with Crippen molar-refractivity contribution in [3.63, 3.8) is 0 Å². The maximum absolute atomic E-state index is 11.1. The van der Waals surface area contributed by atoms with Gasteiger partial charge in [0, 0.05) is 6.04 Å². The van der Waals surface area contributed by atoms with Crippen LogP contribution in [0.5, 0.6) is 0 Å². The normalized spacial score (nSPS) is 37.2. The Bertz CT molecular complexity index is 172. The van der Waals surface area contributed by atoms with E-state index >= 15 is 0 Å². The van der Waals surface area contributed by atoms with Crippen LogP contribution in [0.3, 0.4) is 0 Å². The van der Waals surface area contributed by atoms with Crippen molar-refractivity contribution in [2.75, 3.05) is 0 Å². The van der Waals surface area contributed by atoms with Crippen LogP contribution in [0.4, 0.5) is 0 Å². The number of nitrogens with one attached hydrogen (secondary N) is 1. The van der Waals surface area contributed by atoms with Gasteiger partial charge in [-0.1, -0.05) is 6.42 Å². The summed E-state index contributed by atoms with van der Waals surface area (Å²) in [7, 11) is 0. The predicted molar refractivity (Wildman–Crippen MR) is 39.9 cm³/mol. The Morgan fingerprint density at radius 1 is 1.82 bits per heavy atom. The van der Waals surface area contributed by atoms with Gasteiger partial charge in [0.15, 0.2) is 0 Å². The predicted octanol–water partition coefficient (Wildman–Crippen LogP) is 0.00930. The fraction of sp³-hybridized carbons (Fsp3) is 0.857. The number of carbonyl (C=O) groups excluding carboxylic acids is 1. The smallest absolute Gasteiger partial charge is 0.250 e. The van der Waals surface area contributed by atoms with E-state index in [1.54, 1.807) is 12.4 Å². The van der Waals surface area contributed by atoms with Crippen LogP contribution in [0.25, 0.3) is 0 Å². The molecule has 1 aliphatic carbocycles. The quantitative estimate of drug-likeness (QED) is 0.371. The molecule has 0 bridgehead atoms. The topological polar surface area (TPSA) is 75.3 Å². The number of nitrogens with two attached hydrogens (primary N) is 1. The molecule has 1 saturated carbocycles. The summed E-state index contributed by atoms with van der Waals surface area (Å²) < 4.78 is 0. The van der Waals surface area contributed by atoms with Crippen LogP contribution >= 0.6 is 0 Å². The van der Waals surface area contributed by atoms with Gasteiger partial charge in [0.05, 0.1) is 5.41 Å². The largest absolute Gasteiger partial charge is 0.327 e. The second-order valence-electron chi connectivity index (χ2n) is 3.36. The molecule has 0 aromatic rings. The van der Waals surface area contributed by atoms with Gasteiger partial charge >= 0.3 is 0 Å². The minimum Gasteiger partial charge on any atom is -0.327 e. The van der Waals surface area contributed by atoms with Crippen LogP contribution in [-0.2, 0) is 4.79 Å². The molecule has 4 heteroatoms. The molecule has 0 aromatic carbocycles. The minimum atomic E-state index is -0.561. The highest BCUT2D eigenvalue weighted by Gasteiger charge is 2.42. The molecule has 0 spiro atoms. The highest BCUT2D eigenvalue weighted by molar-refractivity contribution is 5.82. The third kappa shape index (κ3) is 1.23. The average Bonchev–Trinajstić information content (AvgIpc) is 2.32. The summed E-state index contributed by atoms with van der Waals surface area (Å²) in [5.41, 5.74) is 6.82. The van der Waals surface area contributed by atoms with Crippen molar-refractivity contribution in [1.82, 2.24) is 5.48 Å². The molecule has 4 N–H and O–H groups in total. The molecule has 64 valence electrons. The second kappa shape index (κ2) is 2.79. The van der Waals surface area contributed by atoms with Crippen molar-refractivity contribution in [2.45, 2.75) is 32.2 Å². The summed E-state index contributed by atoms with van der Waals surface area (Å²) in [6.45, 7) is 1.79. The molecular weight excluding hydrogens is 144 g/mol. The molecule has 2 atom stereocenters. The van der Waals surface area contributed by atoms with Crippen LogP contribution in [0.15, 0.2) is 0 Å². The van der Waals surface area contributed by atoms with Crippen LogP contribution in [0.1, 0.15) is 26.2 Å². The van der Waals surface area contributed by atoms with Gasteiger partial charge in [-0.25, -0.2) is 5.48 Å². The molecule has 0 radical (unpaired) electrons. The summed E-state index contributed by atoms with van der Waals surface area (Å²) >= 11 is 0. The monoisotopic (exact) mass is 158 g/mol. The molecule has 0 saturated heterocycles. The Kier molecular flexibility index (Phi) is 2.15. The van der Waals surface area contributed by atoms with Crippen LogP contribution in [-0.4, -0.2) is 17.2 Å². The number of hydrogen-bond donors (Lipinski definition) is 3. The summed E-state index contributed by atoms with van der Waals surface area (Å²) in [6, 6.07) is -0.116. The Morgan fingerprint density at radius 3 is 2.82 bits per heavy atom. The van der Waals surface area contributed by atoms with Gasteiger partial charge in [0.1, 0.15) is 0 Å². The van der Waals surface area contributed by atoms with E-state index in [1.165, 1.54) is 0 Å². The van der Waals surface area contributed by atoms with Crippen molar-refractivity contribution in [3.05, 3.63) is 0 Å². The van der Waals surface area contributed by atoms with Gasteiger partial charge in [-0.3, -0.25) is 10.0 Å². The van der Waals surface area contributed by atoms with E-state index in [0.717, 1.165) is 19.3 Å². The molecule has 1 rings (SSSR count). The number of hydroxylamine groups is 1. The third-order valence-corrected chi connectivity index (χ3v) is 2.65. The highest BCUT2D eigenvalue weighted by Crippen LogP contribution is 2.36. The fourth-order valence-corrected chi connectivity index (χ4v) is 1.60. The molecule has 4 nitrogen and oxygen atoms in total. The molecule has 2 unspecified atom stereocenters. The average molecular weight is 158 g/mol. The van der Waals surface area contributed by atoms with Gasteiger partial charge in [0.2, 0.25) is 0 Å². The fourth-order valence-electron chi connectivity index (χ4n) is 1.60. The van der Waals surface area contributed by atoms with Crippen LogP contribution in [0.2, 0.25) is 0 Å². The summed E-state index contributed by atoms with van der Waals surface area (Å²) in [5, 5.41) is 8.42. The van der Waals surface area contributed by atoms with Gasteiger partial charge in [-0.2, -0.15) is 0 Å². The van der Waals surface area contributed by atoms with E-state index in [-0.39, 0.29) is 11.9 Å². The molecule has 1 fully saturated rings. The van der Waals surface area contributed by atoms with Crippen molar-refractivity contribution in [3.8, 4) is 0 Å². The van der Waals surface area contributed by atoms with Crippen molar-refractivity contribution in [1.29, 1.82) is 0 Å². The summed E-state index contributed by atoms with van der Waals surface area (Å²) in [5.74, 6) is -0.359. The van der Waals surface area contributed by atoms with Crippen LogP contribution < -0.4 is 11.2 Å².